The third-order valence-electron chi connectivity index (χ3n) is 3.38. The molecule has 1 saturated heterocycles. The number of rotatable bonds is 5. The highest BCUT2D eigenvalue weighted by Gasteiger charge is 2.15. The summed E-state index contributed by atoms with van der Waals surface area (Å²) in [6, 6.07) is 4.58. The number of morpholine rings is 1. The monoisotopic (exact) mass is 269 g/mol. The highest BCUT2D eigenvalue weighted by molar-refractivity contribution is 5.30. The van der Waals surface area contributed by atoms with Gasteiger partial charge in [-0.25, -0.2) is 4.39 Å². The van der Waals surface area contributed by atoms with Crippen molar-refractivity contribution in [3.63, 3.8) is 0 Å². The van der Waals surface area contributed by atoms with Gasteiger partial charge in [-0.05, 0) is 24.1 Å². The molecule has 0 saturated carbocycles. The van der Waals surface area contributed by atoms with Gasteiger partial charge in [-0.1, -0.05) is 6.07 Å². The Morgan fingerprint density at radius 3 is 2.79 bits per heavy atom. The maximum atomic E-state index is 13.5. The van der Waals surface area contributed by atoms with Crippen molar-refractivity contribution in [2.75, 3.05) is 40.0 Å². The highest BCUT2D eigenvalue weighted by Crippen LogP contribution is 2.23. The molecule has 2 rings (SSSR count). The van der Waals surface area contributed by atoms with Crippen LogP contribution in [0.1, 0.15) is 18.1 Å². The van der Waals surface area contributed by atoms with Gasteiger partial charge in [-0.15, -0.1) is 0 Å². The maximum absolute atomic E-state index is 13.5. The summed E-state index contributed by atoms with van der Waals surface area (Å²) in [7, 11) is 1.42. The van der Waals surface area contributed by atoms with E-state index < -0.39 is 11.9 Å². The largest absolute Gasteiger partial charge is 0.494 e. The molecular formula is C14H20FNO3. The number of hydrogen-bond acceptors (Lipinski definition) is 4. The summed E-state index contributed by atoms with van der Waals surface area (Å²) in [5, 5.41) is 10.1. The van der Waals surface area contributed by atoms with E-state index in [0.717, 1.165) is 32.8 Å². The molecule has 0 bridgehead atoms. The van der Waals surface area contributed by atoms with Crippen LogP contribution in [0, 0.1) is 5.82 Å². The molecule has 4 nitrogen and oxygen atoms in total. The average Bonchev–Trinajstić information content (AvgIpc) is 2.45. The van der Waals surface area contributed by atoms with Gasteiger partial charge in [-0.2, -0.15) is 0 Å². The lowest BCUT2D eigenvalue weighted by Crippen LogP contribution is -2.37. The van der Waals surface area contributed by atoms with E-state index in [1.807, 2.05) is 0 Å². The number of nitrogens with zero attached hydrogens (tertiary/aromatic N) is 1. The summed E-state index contributed by atoms with van der Waals surface area (Å²) in [5.74, 6) is -0.241. The smallest absolute Gasteiger partial charge is 0.165 e. The SMILES string of the molecule is COc1ccc(C(O)CCN2CCOCC2)cc1F. The summed E-state index contributed by atoms with van der Waals surface area (Å²) in [4.78, 5) is 2.24. The fourth-order valence-corrected chi connectivity index (χ4v) is 2.19. The van der Waals surface area contributed by atoms with Gasteiger partial charge in [0.25, 0.3) is 0 Å². The van der Waals surface area contributed by atoms with E-state index in [-0.39, 0.29) is 5.75 Å². The summed E-state index contributed by atoms with van der Waals surface area (Å²) in [6.45, 7) is 4.06. The van der Waals surface area contributed by atoms with Crippen LogP contribution in [-0.2, 0) is 4.74 Å². The molecule has 0 amide bonds. The molecule has 1 aliphatic heterocycles. The van der Waals surface area contributed by atoms with E-state index in [9.17, 15) is 9.50 Å². The summed E-state index contributed by atoms with van der Waals surface area (Å²) < 4.78 is 23.7. The second-order valence-electron chi connectivity index (χ2n) is 4.65. The summed E-state index contributed by atoms with van der Waals surface area (Å²) >= 11 is 0. The Bertz CT molecular complexity index is 408. The van der Waals surface area contributed by atoms with Crippen LogP contribution in [0.3, 0.4) is 0 Å². The van der Waals surface area contributed by atoms with Crippen molar-refractivity contribution in [2.24, 2.45) is 0 Å². The molecule has 1 aromatic rings. The lowest BCUT2D eigenvalue weighted by atomic mass is 10.1. The Morgan fingerprint density at radius 2 is 2.16 bits per heavy atom. The van der Waals surface area contributed by atoms with Crippen molar-refractivity contribution >= 4 is 0 Å². The zero-order valence-electron chi connectivity index (χ0n) is 11.1. The third kappa shape index (κ3) is 3.89. The number of aliphatic hydroxyl groups excluding tert-OH is 1. The second-order valence-corrected chi connectivity index (χ2v) is 4.65. The first-order valence-corrected chi connectivity index (χ1v) is 6.52. The molecule has 1 aromatic carbocycles. The van der Waals surface area contributed by atoms with Crippen molar-refractivity contribution in [1.29, 1.82) is 0 Å². The van der Waals surface area contributed by atoms with Crippen LogP contribution in [-0.4, -0.2) is 50.0 Å². The van der Waals surface area contributed by atoms with Gasteiger partial charge in [0.15, 0.2) is 11.6 Å². The second kappa shape index (κ2) is 6.84. The fraction of sp³-hybridized carbons (Fsp3) is 0.571. The molecule has 0 radical (unpaired) electrons. The quantitative estimate of drug-likeness (QED) is 0.881. The molecule has 0 aliphatic carbocycles. The molecule has 1 atom stereocenters. The van der Waals surface area contributed by atoms with Crippen LogP contribution in [0.15, 0.2) is 18.2 Å². The Kier molecular flexibility index (Phi) is 5.13. The molecule has 1 heterocycles. The van der Waals surface area contributed by atoms with E-state index in [0.29, 0.717) is 12.0 Å². The summed E-state index contributed by atoms with van der Waals surface area (Å²) in [5.41, 5.74) is 0.589. The van der Waals surface area contributed by atoms with Gasteiger partial charge >= 0.3 is 0 Å². The molecule has 1 N–H and O–H groups in total. The zero-order valence-corrected chi connectivity index (χ0v) is 11.1. The first-order chi connectivity index (χ1) is 9.20. The van der Waals surface area contributed by atoms with Crippen LogP contribution in [0.4, 0.5) is 4.39 Å². The minimum atomic E-state index is -0.650. The Labute approximate surface area is 112 Å². The number of methoxy groups -OCH3 is 1. The molecular weight excluding hydrogens is 249 g/mol. The first kappa shape index (κ1) is 14.2. The van der Waals surface area contributed by atoms with Crippen molar-refractivity contribution in [3.05, 3.63) is 29.6 Å². The van der Waals surface area contributed by atoms with Gasteiger partial charge in [0, 0.05) is 19.6 Å². The first-order valence-electron chi connectivity index (χ1n) is 6.52. The van der Waals surface area contributed by atoms with E-state index in [2.05, 4.69) is 4.90 Å². The number of halogens is 1. The minimum Gasteiger partial charge on any atom is -0.494 e. The predicted molar refractivity (Wildman–Crippen MR) is 69.8 cm³/mol. The van der Waals surface area contributed by atoms with Gasteiger partial charge in [0.1, 0.15) is 0 Å². The van der Waals surface area contributed by atoms with Crippen LogP contribution >= 0.6 is 0 Å². The molecule has 5 heteroatoms. The lowest BCUT2D eigenvalue weighted by Gasteiger charge is -2.27. The Balaban J connectivity index is 1.88. The summed E-state index contributed by atoms with van der Waals surface area (Å²) in [6.07, 6.45) is -0.0607. The van der Waals surface area contributed by atoms with E-state index in [4.69, 9.17) is 9.47 Å². The molecule has 0 spiro atoms. The minimum absolute atomic E-state index is 0.198. The van der Waals surface area contributed by atoms with Crippen molar-refractivity contribution < 1.29 is 19.0 Å². The Hall–Kier alpha value is -1.17. The van der Waals surface area contributed by atoms with Crippen molar-refractivity contribution in [1.82, 2.24) is 4.90 Å². The number of aliphatic hydroxyl groups is 1. The third-order valence-corrected chi connectivity index (χ3v) is 3.38. The fourth-order valence-electron chi connectivity index (χ4n) is 2.19. The number of ether oxygens (including phenoxy) is 2. The molecule has 1 fully saturated rings. The molecule has 19 heavy (non-hydrogen) atoms. The Morgan fingerprint density at radius 1 is 1.42 bits per heavy atom. The van der Waals surface area contributed by atoms with Gasteiger partial charge in [0.2, 0.25) is 0 Å². The average molecular weight is 269 g/mol. The van der Waals surface area contributed by atoms with E-state index in [1.54, 1.807) is 12.1 Å². The predicted octanol–water partition coefficient (Wildman–Crippen LogP) is 1.59. The normalized spacial score (nSPS) is 18.3. The van der Waals surface area contributed by atoms with Crippen LogP contribution in [0.5, 0.6) is 5.75 Å². The molecule has 106 valence electrons. The molecule has 0 aromatic heterocycles. The number of benzene rings is 1. The topological polar surface area (TPSA) is 41.9 Å². The maximum Gasteiger partial charge on any atom is 0.165 e. The van der Waals surface area contributed by atoms with Crippen LogP contribution < -0.4 is 4.74 Å². The molecule has 1 aliphatic rings. The van der Waals surface area contributed by atoms with Crippen molar-refractivity contribution in [3.8, 4) is 5.75 Å². The van der Waals surface area contributed by atoms with Crippen LogP contribution in [0.2, 0.25) is 0 Å². The number of hydrogen-bond donors (Lipinski definition) is 1. The van der Waals surface area contributed by atoms with Crippen molar-refractivity contribution in [2.45, 2.75) is 12.5 Å². The van der Waals surface area contributed by atoms with Crippen LogP contribution in [0.25, 0.3) is 0 Å². The van der Waals surface area contributed by atoms with E-state index >= 15 is 0 Å². The standard InChI is InChI=1S/C14H20FNO3/c1-18-14-3-2-11(10-12(14)15)13(17)4-5-16-6-8-19-9-7-16/h2-3,10,13,17H,4-9H2,1H3. The zero-order chi connectivity index (χ0) is 13.7. The van der Waals surface area contributed by atoms with Gasteiger partial charge in [0.05, 0.1) is 26.4 Å². The highest BCUT2D eigenvalue weighted by atomic mass is 19.1. The van der Waals surface area contributed by atoms with Gasteiger partial charge < -0.3 is 14.6 Å². The van der Waals surface area contributed by atoms with Gasteiger partial charge in [-0.3, -0.25) is 4.90 Å². The lowest BCUT2D eigenvalue weighted by molar-refractivity contribution is 0.0300. The molecule has 1 unspecified atom stereocenters. The van der Waals surface area contributed by atoms with E-state index in [1.165, 1.54) is 13.2 Å².